The average Bonchev–Trinajstić information content (AvgIpc) is 2.86. The summed E-state index contributed by atoms with van der Waals surface area (Å²) in [5.41, 5.74) is 2.32. The number of carbonyl (C=O) groups is 1. The van der Waals surface area contributed by atoms with Gasteiger partial charge < -0.3 is 15.4 Å². The van der Waals surface area contributed by atoms with Crippen LogP contribution < -0.4 is 15.4 Å². The number of rotatable bonds is 7. The number of nitrogens with zero attached hydrogens (tertiary/aromatic N) is 3. The first-order chi connectivity index (χ1) is 17.4. The molecule has 2 fully saturated rings. The van der Waals surface area contributed by atoms with E-state index in [2.05, 4.69) is 25.5 Å². The minimum atomic E-state index is -0.500. The Labute approximate surface area is 214 Å². The van der Waals surface area contributed by atoms with E-state index in [4.69, 9.17) is 16.3 Å². The average molecular weight is 510 g/mol. The third-order valence-electron chi connectivity index (χ3n) is 7.36. The van der Waals surface area contributed by atoms with Gasteiger partial charge in [-0.15, -0.1) is 0 Å². The van der Waals surface area contributed by atoms with Crippen molar-refractivity contribution < 1.29 is 13.9 Å². The van der Waals surface area contributed by atoms with Crippen LogP contribution in [0.5, 0.6) is 5.75 Å². The summed E-state index contributed by atoms with van der Waals surface area (Å²) < 4.78 is 19.0. The number of fused-ring (bicyclic) bond motifs is 1. The van der Waals surface area contributed by atoms with Gasteiger partial charge >= 0.3 is 0 Å². The van der Waals surface area contributed by atoms with Crippen LogP contribution in [0.2, 0.25) is 5.02 Å². The van der Waals surface area contributed by atoms with Gasteiger partial charge in [-0.3, -0.25) is 9.69 Å². The molecule has 3 aromatic rings. The van der Waals surface area contributed by atoms with Crippen molar-refractivity contribution in [2.45, 2.75) is 32.1 Å². The van der Waals surface area contributed by atoms with Crippen molar-refractivity contribution >= 4 is 45.6 Å². The molecule has 1 amide bonds. The maximum atomic E-state index is 13.5. The Balaban J connectivity index is 1.28. The highest BCUT2D eigenvalue weighted by Crippen LogP contribution is 2.48. The molecule has 5 rings (SSSR count). The number of halogens is 2. The zero-order chi connectivity index (χ0) is 25.1. The topological polar surface area (TPSA) is 79.4 Å². The summed E-state index contributed by atoms with van der Waals surface area (Å²) in [6.45, 7) is 2.96. The number of anilines is 3. The molecule has 2 N–H and O–H groups in total. The van der Waals surface area contributed by atoms with Crippen LogP contribution in [0.3, 0.4) is 0 Å². The number of piperidine rings is 1. The van der Waals surface area contributed by atoms with Crippen molar-refractivity contribution in [3.8, 4) is 5.75 Å². The second-order valence-corrected chi connectivity index (χ2v) is 10.00. The molecule has 0 radical (unpaired) electrons. The van der Waals surface area contributed by atoms with Crippen LogP contribution in [0.15, 0.2) is 48.8 Å². The highest BCUT2D eigenvalue weighted by molar-refractivity contribution is 6.31. The number of benzene rings is 2. The van der Waals surface area contributed by atoms with Crippen molar-refractivity contribution in [1.29, 1.82) is 0 Å². The van der Waals surface area contributed by atoms with E-state index in [0.29, 0.717) is 39.3 Å². The number of methoxy groups -OCH3 is 1. The number of hydrogen-bond donors (Lipinski definition) is 2. The van der Waals surface area contributed by atoms with Crippen LogP contribution in [0, 0.1) is 11.2 Å². The van der Waals surface area contributed by atoms with Gasteiger partial charge in [0, 0.05) is 29.8 Å². The Kier molecular flexibility index (Phi) is 7.07. The molecule has 1 saturated carbocycles. The van der Waals surface area contributed by atoms with E-state index in [9.17, 15) is 9.18 Å². The van der Waals surface area contributed by atoms with Crippen molar-refractivity contribution in [1.82, 2.24) is 14.9 Å². The van der Waals surface area contributed by atoms with E-state index in [-0.39, 0.29) is 10.9 Å². The van der Waals surface area contributed by atoms with Crippen molar-refractivity contribution in [3.05, 3.63) is 59.7 Å². The minimum Gasteiger partial charge on any atom is -0.494 e. The first-order valence-corrected chi connectivity index (χ1v) is 12.6. The van der Waals surface area contributed by atoms with Crippen LogP contribution in [-0.4, -0.2) is 47.5 Å². The molecule has 36 heavy (non-hydrogen) atoms. The Morgan fingerprint density at radius 1 is 1.19 bits per heavy atom. The lowest BCUT2D eigenvalue weighted by molar-refractivity contribution is -0.111. The van der Waals surface area contributed by atoms with Crippen LogP contribution in [0.25, 0.3) is 10.9 Å². The lowest BCUT2D eigenvalue weighted by Gasteiger charge is -2.47. The summed E-state index contributed by atoms with van der Waals surface area (Å²) in [5.74, 6) is 0.239. The first-order valence-electron chi connectivity index (χ1n) is 12.2. The first kappa shape index (κ1) is 24.5. The van der Waals surface area contributed by atoms with Crippen LogP contribution >= 0.6 is 11.6 Å². The van der Waals surface area contributed by atoms with E-state index < -0.39 is 5.82 Å². The largest absolute Gasteiger partial charge is 0.494 e. The lowest BCUT2D eigenvalue weighted by atomic mass is 9.63. The van der Waals surface area contributed by atoms with Gasteiger partial charge in [0.15, 0.2) is 0 Å². The maximum Gasteiger partial charge on any atom is 0.248 e. The van der Waals surface area contributed by atoms with Crippen molar-refractivity contribution in [3.63, 3.8) is 0 Å². The van der Waals surface area contributed by atoms with Gasteiger partial charge in [0.2, 0.25) is 5.91 Å². The third-order valence-corrected chi connectivity index (χ3v) is 7.65. The lowest BCUT2D eigenvalue weighted by Crippen LogP contribution is -2.43. The van der Waals surface area contributed by atoms with Gasteiger partial charge in [0.1, 0.15) is 23.7 Å². The Morgan fingerprint density at radius 2 is 2.00 bits per heavy atom. The molecule has 2 aliphatic rings. The fourth-order valence-electron chi connectivity index (χ4n) is 5.03. The number of hydrogen-bond acceptors (Lipinski definition) is 6. The Bertz CT molecular complexity index is 1300. The fraction of sp³-hybridized carbons (Fsp3) is 0.370. The van der Waals surface area contributed by atoms with Crippen LogP contribution in [0.4, 0.5) is 21.6 Å². The highest BCUT2D eigenvalue weighted by Gasteiger charge is 2.39. The number of carbonyl (C=O) groups excluding carboxylic acids is 1. The molecule has 2 heterocycles. The molecule has 0 atom stereocenters. The quantitative estimate of drug-likeness (QED) is 0.384. The smallest absolute Gasteiger partial charge is 0.248 e. The molecule has 0 unspecified atom stereocenters. The molecule has 1 saturated heterocycles. The summed E-state index contributed by atoms with van der Waals surface area (Å²) >= 11 is 5.91. The van der Waals surface area contributed by atoms with E-state index in [1.807, 2.05) is 6.08 Å². The molecule has 188 valence electrons. The highest BCUT2D eigenvalue weighted by atomic mass is 35.5. The van der Waals surface area contributed by atoms with Gasteiger partial charge in [0.25, 0.3) is 0 Å². The Hall–Kier alpha value is -3.23. The molecule has 2 aromatic carbocycles. The van der Waals surface area contributed by atoms with Gasteiger partial charge in [0.05, 0.1) is 23.3 Å². The van der Waals surface area contributed by atoms with Crippen molar-refractivity contribution in [2.24, 2.45) is 5.41 Å². The SMILES string of the molecule is COc1cc2ncnc(Nc3ccc(F)c(Cl)c3)c2cc1NC(=O)/C=C/CN1CCC2(CCC2)CC1. The van der Waals surface area contributed by atoms with Gasteiger partial charge in [-0.05, 0) is 68.5 Å². The van der Waals surface area contributed by atoms with Gasteiger partial charge in [-0.25, -0.2) is 14.4 Å². The number of ether oxygens (including phenoxy) is 1. The summed E-state index contributed by atoms with van der Waals surface area (Å²) in [6.07, 6.45) is 11.6. The van der Waals surface area contributed by atoms with Crippen molar-refractivity contribution in [2.75, 3.05) is 37.4 Å². The standard InChI is InChI=1S/C27H29ClFN5O2/c1-36-24-16-22-19(26(31-17-30-22)32-18-5-6-21(29)20(28)14-18)15-23(24)33-25(35)4-2-11-34-12-9-27(10-13-34)7-3-8-27/h2,4-6,14-17H,3,7-13H2,1H3,(H,33,35)(H,30,31,32)/b4-2+. The number of aromatic nitrogens is 2. The predicted molar refractivity (Wildman–Crippen MR) is 141 cm³/mol. The zero-order valence-corrected chi connectivity index (χ0v) is 20.9. The van der Waals surface area contributed by atoms with Gasteiger partial charge in [-0.2, -0.15) is 0 Å². The molecule has 1 aliphatic carbocycles. The fourth-order valence-corrected chi connectivity index (χ4v) is 5.21. The molecule has 7 nitrogen and oxygen atoms in total. The summed E-state index contributed by atoms with van der Waals surface area (Å²) in [7, 11) is 1.54. The molecule has 1 aromatic heterocycles. The minimum absolute atomic E-state index is 0.00636. The maximum absolute atomic E-state index is 13.5. The summed E-state index contributed by atoms with van der Waals surface area (Å²) in [4.78, 5) is 23.7. The predicted octanol–water partition coefficient (Wildman–Crippen LogP) is 5.94. The molecule has 9 heteroatoms. The van der Waals surface area contributed by atoms with E-state index in [0.717, 1.165) is 19.6 Å². The van der Waals surface area contributed by atoms with E-state index >= 15 is 0 Å². The zero-order valence-electron chi connectivity index (χ0n) is 20.2. The molecule has 0 bridgehead atoms. The number of likely N-dealkylation sites (tertiary alicyclic amines) is 1. The number of nitrogens with one attached hydrogen (secondary N) is 2. The molecular formula is C27H29ClFN5O2. The normalized spacial score (nSPS) is 17.3. The molecular weight excluding hydrogens is 481 g/mol. The number of amides is 1. The molecule has 1 aliphatic heterocycles. The van der Waals surface area contributed by atoms with Crippen LogP contribution in [0.1, 0.15) is 32.1 Å². The van der Waals surface area contributed by atoms with Crippen LogP contribution in [-0.2, 0) is 4.79 Å². The second-order valence-electron chi connectivity index (χ2n) is 9.59. The van der Waals surface area contributed by atoms with E-state index in [1.54, 1.807) is 31.4 Å². The second kappa shape index (κ2) is 10.4. The summed E-state index contributed by atoms with van der Waals surface area (Å²) in [6, 6.07) is 7.83. The third kappa shape index (κ3) is 5.29. The summed E-state index contributed by atoms with van der Waals surface area (Å²) in [5, 5.41) is 6.72. The van der Waals surface area contributed by atoms with Gasteiger partial charge in [-0.1, -0.05) is 24.1 Å². The Morgan fingerprint density at radius 3 is 2.69 bits per heavy atom. The monoisotopic (exact) mass is 509 g/mol. The molecule has 1 spiro atoms. The van der Waals surface area contributed by atoms with E-state index in [1.165, 1.54) is 50.6 Å².